The van der Waals surface area contributed by atoms with Crippen molar-refractivity contribution in [3.63, 3.8) is 0 Å². The van der Waals surface area contributed by atoms with Crippen LogP contribution in [-0.4, -0.2) is 87.3 Å². The molecule has 2 N–H and O–H groups in total. The Morgan fingerprint density at radius 1 is 1.04 bits per heavy atom. The molecule has 10 heteroatoms. The van der Waals surface area contributed by atoms with Crippen molar-refractivity contribution in [3.8, 4) is 5.75 Å². The van der Waals surface area contributed by atoms with Crippen LogP contribution in [0.5, 0.6) is 5.75 Å². The quantitative estimate of drug-likeness (QED) is 0.223. The molecule has 1 aliphatic carbocycles. The third-order valence-electron chi connectivity index (χ3n) is 10.5. The SMILES string of the molecule is CCOC(=O)COc1ccc(CNC(Cc2nccn2CCCN2CCC3(CCN(C4CCCCC4)CC3)C2)c2ncc[nH]2)cc1. The van der Waals surface area contributed by atoms with Crippen molar-refractivity contribution in [2.45, 2.75) is 96.3 Å². The van der Waals surface area contributed by atoms with Gasteiger partial charge in [-0.25, -0.2) is 14.8 Å². The van der Waals surface area contributed by atoms with Crippen LogP contribution in [0.2, 0.25) is 0 Å². The Balaban J connectivity index is 0.958. The maximum atomic E-state index is 11.6. The van der Waals surface area contributed by atoms with Crippen molar-refractivity contribution in [2.75, 3.05) is 45.9 Å². The van der Waals surface area contributed by atoms with Crippen LogP contribution in [0.1, 0.15) is 88.0 Å². The molecular weight excluding hydrogens is 578 g/mol. The summed E-state index contributed by atoms with van der Waals surface area (Å²) in [5.41, 5.74) is 1.68. The fourth-order valence-corrected chi connectivity index (χ4v) is 7.84. The zero-order chi connectivity index (χ0) is 31.6. The maximum absolute atomic E-state index is 11.6. The molecule has 2 saturated heterocycles. The zero-order valence-corrected chi connectivity index (χ0v) is 27.7. The van der Waals surface area contributed by atoms with Gasteiger partial charge in [-0.1, -0.05) is 31.4 Å². The molecule has 0 bridgehead atoms. The number of rotatable bonds is 15. The van der Waals surface area contributed by atoms with E-state index in [4.69, 9.17) is 14.5 Å². The highest BCUT2D eigenvalue weighted by atomic mass is 16.6. The molecule has 2 aliphatic heterocycles. The van der Waals surface area contributed by atoms with Crippen molar-refractivity contribution in [1.29, 1.82) is 0 Å². The molecule has 4 heterocycles. The number of aromatic nitrogens is 4. The summed E-state index contributed by atoms with van der Waals surface area (Å²) in [6.07, 6.45) is 20.9. The molecule has 1 spiro atoms. The van der Waals surface area contributed by atoms with Gasteiger partial charge in [0, 0.05) is 56.9 Å². The number of nitrogens with one attached hydrogen (secondary N) is 2. The second-order valence-corrected chi connectivity index (χ2v) is 13.6. The van der Waals surface area contributed by atoms with Gasteiger partial charge in [0.25, 0.3) is 0 Å². The molecule has 1 saturated carbocycles. The minimum atomic E-state index is -0.363. The van der Waals surface area contributed by atoms with Gasteiger partial charge in [-0.3, -0.25) is 0 Å². The molecule has 3 aliphatic rings. The van der Waals surface area contributed by atoms with E-state index in [0.29, 0.717) is 24.3 Å². The largest absolute Gasteiger partial charge is 0.482 e. The van der Waals surface area contributed by atoms with Crippen LogP contribution < -0.4 is 10.1 Å². The predicted octanol–water partition coefficient (Wildman–Crippen LogP) is 5.13. The fraction of sp³-hybridized carbons (Fsp3) is 0.639. The highest BCUT2D eigenvalue weighted by Crippen LogP contribution is 2.41. The number of ether oxygens (including phenoxy) is 2. The van der Waals surface area contributed by atoms with Crippen LogP contribution in [0.15, 0.2) is 49.1 Å². The summed E-state index contributed by atoms with van der Waals surface area (Å²) in [5, 5.41) is 3.67. The molecule has 0 amide bonds. The second kappa shape index (κ2) is 16.1. The van der Waals surface area contributed by atoms with Gasteiger partial charge in [-0.05, 0) is 94.7 Å². The Hall–Kier alpha value is -3.21. The first-order valence-electron chi connectivity index (χ1n) is 17.7. The Morgan fingerprint density at radius 2 is 1.85 bits per heavy atom. The number of H-pyrrole nitrogens is 1. The molecule has 1 unspecified atom stereocenters. The average molecular weight is 632 g/mol. The molecule has 0 radical (unpaired) electrons. The summed E-state index contributed by atoms with van der Waals surface area (Å²) in [5.74, 6) is 2.26. The van der Waals surface area contributed by atoms with E-state index in [0.717, 1.165) is 49.2 Å². The van der Waals surface area contributed by atoms with E-state index in [9.17, 15) is 4.79 Å². The minimum absolute atomic E-state index is 0.00573. The van der Waals surface area contributed by atoms with E-state index in [-0.39, 0.29) is 18.6 Å². The zero-order valence-electron chi connectivity index (χ0n) is 27.7. The van der Waals surface area contributed by atoms with Crippen LogP contribution in [0, 0.1) is 5.41 Å². The molecule has 3 fully saturated rings. The van der Waals surface area contributed by atoms with Gasteiger partial charge in [0.2, 0.25) is 0 Å². The van der Waals surface area contributed by atoms with Gasteiger partial charge in [0.05, 0.1) is 12.6 Å². The summed E-state index contributed by atoms with van der Waals surface area (Å²) in [7, 11) is 0. The summed E-state index contributed by atoms with van der Waals surface area (Å²) in [6, 6.07) is 8.65. The predicted molar refractivity (Wildman–Crippen MR) is 178 cm³/mol. The third kappa shape index (κ3) is 8.77. The average Bonchev–Trinajstić information content (AvgIpc) is 3.86. The smallest absolute Gasteiger partial charge is 0.344 e. The van der Waals surface area contributed by atoms with E-state index >= 15 is 0 Å². The molecule has 1 atom stereocenters. The minimum Gasteiger partial charge on any atom is -0.482 e. The van der Waals surface area contributed by atoms with Crippen molar-refractivity contribution in [1.82, 2.24) is 34.6 Å². The number of aryl methyl sites for hydroxylation is 1. The van der Waals surface area contributed by atoms with Gasteiger partial charge in [-0.2, -0.15) is 0 Å². The van der Waals surface area contributed by atoms with Crippen molar-refractivity contribution in [2.24, 2.45) is 5.41 Å². The first-order valence-corrected chi connectivity index (χ1v) is 17.7. The lowest BCUT2D eigenvalue weighted by Gasteiger charge is -2.44. The Bertz CT molecular complexity index is 1330. The van der Waals surface area contributed by atoms with E-state index in [1.54, 1.807) is 13.1 Å². The highest BCUT2D eigenvalue weighted by molar-refractivity contribution is 5.71. The lowest BCUT2D eigenvalue weighted by Crippen LogP contribution is -2.46. The molecule has 10 nitrogen and oxygen atoms in total. The standard InChI is InChI=1S/C36H53N7O3/c1-2-45-34(44)27-46-31-11-9-29(10-12-31)26-40-32(35-38-16-17-39-35)25-33-37-18-24-43(33)20-6-19-41-21-13-36(28-41)14-22-42(23-15-36)30-7-4-3-5-8-30/h9-12,16-18,24,30,32,40H,2-8,13-15,19-23,25-28H2,1H3,(H,38,39). The number of carbonyl (C=O) groups is 1. The van der Waals surface area contributed by atoms with Gasteiger partial charge in [0.15, 0.2) is 6.61 Å². The Morgan fingerprint density at radius 3 is 2.61 bits per heavy atom. The highest BCUT2D eigenvalue weighted by Gasteiger charge is 2.41. The molecule has 46 heavy (non-hydrogen) atoms. The van der Waals surface area contributed by atoms with E-state index in [2.05, 4.69) is 35.8 Å². The number of benzene rings is 1. The number of hydrogen-bond acceptors (Lipinski definition) is 8. The number of likely N-dealkylation sites (tertiary alicyclic amines) is 2. The van der Waals surface area contributed by atoms with Crippen molar-refractivity contribution in [3.05, 3.63) is 66.3 Å². The van der Waals surface area contributed by atoms with Crippen LogP contribution in [0.4, 0.5) is 0 Å². The molecule has 2 aromatic heterocycles. The number of piperidine rings is 1. The molecule has 3 aromatic rings. The topological polar surface area (TPSA) is 101 Å². The number of carbonyl (C=O) groups excluding carboxylic acids is 1. The first-order chi connectivity index (χ1) is 22.6. The second-order valence-electron chi connectivity index (χ2n) is 13.6. The normalized spacial score (nSPS) is 19.8. The van der Waals surface area contributed by atoms with Gasteiger partial charge < -0.3 is 34.1 Å². The number of aromatic amines is 1. The molecule has 6 rings (SSSR count). The number of hydrogen-bond donors (Lipinski definition) is 2. The van der Waals surface area contributed by atoms with Crippen LogP contribution in [-0.2, 0) is 29.0 Å². The molecule has 250 valence electrons. The van der Waals surface area contributed by atoms with Crippen molar-refractivity contribution >= 4 is 5.97 Å². The number of imidazole rings is 2. The van der Waals surface area contributed by atoms with Crippen LogP contribution >= 0.6 is 0 Å². The fourth-order valence-electron chi connectivity index (χ4n) is 7.84. The lowest BCUT2D eigenvalue weighted by molar-refractivity contribution is -0.145. The first kappa shape index (κ1) is 32.7. The molecule has 1 aromatic carbocycles. The lowest BCUT2D eigenvalue weighted by atomic mass is 9.77. The molecular formula is C36H53N7O3. The number of nitrogens with zero attached hydrogens (tertiary/aromatic N) is 5. The van der Waals surface area contributed by atoms with E-state index < -0.39 is 0 Å². The van der Waals surface area contributed by atoms with Crippen molar-refractivity contribution < 1.29 is 14.3 Å². The van der Waals surface area contributed by atoms with Gasteiger partial charge in [-0.15, -0.1) is 0 Å². The summed E-state index contributed by atoms with van der Waals surface area (Å²) in [6.45, 7) is 10.0. The summed E-state index contributed by atoms with van der Waals surface area (Å²) >= 11 is 0. The van der Waals surface area contributed by atoms with Crippen LogP contribution in [0.25, 0.3) is 0 Å². The maximum Gasteiger partial charge on any atom is 0.344 e. The summed E-state index contributed by atoms with van der Waals surface area (Å²) in [4.78, 5) is 29.8. The van der Waals surface area contributed by atoms with Gasteiger partial charge in [0.1, 0.15) is 17.4 Å². The Labute approximate surface area is 274 Å². The Kier molecular flexibility index (Phi) is 11.4. The van der Waals surface area contributed by atoms with E-state index in [1.165, 1.54) is 77.5 Å². The van der Waals surface area contributed by atoms with Gasteiger partial charge >= 0.3 is 5.97 Å². The summed E-state index contributed by atoms with van der Waals surface area (Å²) < 4.78 is 12.8. The van der Waals surface area contributed by atoms with Crippen LogP contribution in [0.3, 0.4) is 0 Å². The third-order valence-corrected chi connectivity index (χ3v) is 10.5. The van der Waals surface area contributed by atoms with E-state index in [1.807, 2.05) is 36.7 Å². The monoisotopic (exact) mass is 631 g/mol. The number of esters is 1.